The van der Waals surface area contributed by atoms with Crippen LogP contribution in [0.25, 0.3) is 0 Å². The number of hydrogen-bond donors (Lipinski definition) is 2. The van der Waals surface area contributed by atoms with Crippen molar-refractivity contribution in [3.63, 3.8) is 0 Å². The van der Waals surface area contributed by atoms with Gasteiger partial charge < -0.3 is 9.84 Å². The third-order valence-corrected chi connectivity index (χ3v) is 3.20. The second kappa shape index (κ2) is 7.38. The molecule has 2 rings (SSSR count). The highest BCUT2D eigenvalue weighted by atomic mass is 16.5. The molecular formula is C17H18N2O3. The number of carbonyl (C=O) groups is 1. The van der Waals surface area contributed by atoms with Crippen LogP contribution in [0.1, 0.15) is 24.2 Å². The number of phenols is 1. The van der Waals surface area contributed by atoms with Gasteiger partial charge in [-0.25, -0.2) is 5.43 Å². The molecular weight excluding hydrogens is 280 g/mol. The van der Waals surface area contributed by atoms with Crippen LogP contribution in [0.2, 0.25) is 0 Å². The fraction of sp³-hybridized carbons (Fsp3) is 0.176. The first-order valence-electron chi connectivity index (χ1n) is 6.83. The Kier molecular flexibility index (Phi) is 5.27. The van der Waals surface area contributed by atoms with E-state index in [1.54, 1.807) is 31.2 Å². The van der Waals surface area contributed by atoms with Crippen molar-refractivity contribution < 1.29 is 14.6 Å². The predicted octanol–water partition coefficient (Wildman–Crippen LogP) is 2.62. The van der Waals surface area contributed by atoms with Gasteiger partial charge >= 0.3 is 0 Å². The molecule has 2 aromatic carbocycles. The van der Waals surface area contributed by atoms with Gasteiger partial charge in [0.25, 0.3) is 5.91 Å². The molecule has 0 aliphatic heterocycles. The van der Waals surface area contributed by atoms with Gasteiger partial charge in [0.05, 0.1) is 5.71 Å². The van der Waals surface area contributed by atoms with Gasteiger partial charge in [0, 0.05) is 7.11 Å². The number of ether oxygens (including phenoxy) is 1. The van der Waals surface area contributed by atoms with Crippen LogP contribution < -0.4 is 5.43 Å². The Balaban J connectivity index is 2.07. The van der Waals surface area contributed by atoms with Gasteiger partial charge in [-0.15, -0.1) is 0 Å². The summed E-state index contributed by atoms with van der Waals surface area (Å²) in [6.45, 7) is 1.77. The number of phenolic OH excluding ortho intramolecular Hbond substituents is 1. The van der Waals surface area contributed by atoms with E-state index in [4.69, 9.17) is 4.74 Å². The zero-order chi connectivity index (χ0) is 15.9. The highest BCUT2D eigenvalue weighted by molar-refractivity contribution is 5.99. The smallest absolute Gasteiger partial charge is 0.273 e. The summed E-state index contributed by atoms with van der Waals surface area (Å²) >= 11 is 0. The lowest BCUT2D eigenvalue weighted by Crippen LogP contribution is -2.27. The fourth-order valence-electron chi connectivity index (χ4n) is 1.99. The Labute approximate surface area is 129 Å². The lowest BCUT2D eigenvalue weighted by atomic mass is 10.1. The van der Waals surface area contributed by atoms with Crippen LogP contribution >= 0.6 is 0 Å². The zero-order valence-corrected chi connectivity index (χ0v) is 12.5. The van der Waals surface area contributed by atoms with Crippen LogP contribution in [0.4, 0.5) is 0 Å². The average molecular weight is 298 g/mol. The second-order valence-corrected chi connectivity index (χ2v) is 4.75. The molecule has 1 atom stereocenters. The van der Waals surface area contributed by atoms with E-state index in [0.29, 0.717) is 5.71 Å². The maximum Gasteiger partial charge on any atom is 0.273 e. The number of amides is 1. The van der Waals surface area contributed by atoms with Crippen molar-refractivity contribution in [1.29, 1.82) is 0 Å². The van der Waals surface area contributed by atoms with Crippen LogP contribution in [0.15, 0.2) is 59.7 Å². The Bertz CT molecular complexity index is 651. The van der Waals surface area contributed by atoms with Crippen molar-refractivity contribution in [2.45, 2.75) is 13.0 Å². The molecule has 0 bridgehead atoms. The average Bonchev–Trinajstić information content (AvgIpc) is 2.55. The van der Waals surface area contributed by atoms with Crippen molar-refractivity contribution in [3.8, 4) is 5.75 Å². The number of carbonyl (C=O) groups excluding carboxylic acids is 1. The summed E-state index contributed by atoms with van der Waals surface area (Å²) in [5.41, 5.74) is 4.72. The molecule has 2 aromatic rings. The minimum absolute atomic E-state index is 0.184. The molecule has 0 fully saturated rings. The quantitative estimate of drug-likeness (QED) is 0.658. The van der Waals surface area contributed by atoms with E-state index in [2.05, 4.69) is 10.5 Å². The summed E-state index contributed by atoms with van der Waals surface area (Å²) in [5, 5.41) is 13.3. The molecule has 0 aliphatic rings. The number of hydrogen-bond acceptors (Lipinski definition) is 4. The standard InChI is InChI=1S/C17H18N2O3/c1-12(13-8-10-15(20)11-9-13)18-19-17(21)16(22-2)14-6-4-3-5-7-14/h3-11,16,20H,1-2H3,(H,19,21)/b18-12-/t16-/m1/s1. The van der Waals surface area contributed by atoms with Crippen LogP contribution in [0.3, 0.4) is 0 Å². The predicted molar refractivity (Wildman–Crippen MR) is 84.7 cm³/mol. The van der Waals surface area contributed by atoms with Crippen LogP contribution in [0.5, 0.6) is 5.75 Å². The number of hydrazone groups is 1. The molecule has 0 saturated heterocycles. The van der Waals surface area contributed by atoms with Crippen LogP contribution in [0, 0.1) is 0 Å². The molecule has 0 unspecified atom stereocenters. The topological polar surface area (TPSA) is 70.9 Å². The summed E-state index contributed by atoms with van der Waals surface area (Å²) in [6, 6.07) is 15.8. The lowest BCUT2D eigenvalue weighted by molar-refractivity contribution is -0.131. The van der Waals surface area contributed by atoms with Crippen LogP contribution in [-0.2, 0) is 9.53 Å². The van der Waals surface area contributed by atoms with Crippen molar-refractivity contribution in [2.24, 2.45) is 5.10 Å². The first kappa shape index (κ1) is 15.7. The first-order chi connectivity index (χ1) is 10.6. The van der Waals surface area contributed by atoms with E-state index in [1.165, 1.54) is 7.11 Å². The number of aromatic hydroxyl groups is 1. The molecule has 0 radical (unpaired) electrons. The molecule has 1 amide bonds. The first-order valence-corrected chi connectivity index (χ1v) is 6.83. The normalized spacial score (nSPS) is 12.7. The summed E-state index contributed by atoms with van der Waals surface area (Å²) in [7, 11) is 1.48. The van der Waals surface area contributed by atoms with E-state index < -0.39 is 6.10 Å². The Morgan fingerprint density at radius 1 is 1.14 bits per heavy atom. The van der Waals surface area contributed by atoms with E-state index in [9.17, 15) is 9.90 Å². The van der Waals surface area contributed by atoms with Gasteiger partial charge in [-0.05, 0) is 42.3 Å². The summed E-state index contributed by atoms with van der Waals surface area (Å²) in [5.74, 6) is -0.157. The van der Waals surface area contributed by atoms with E-state index in [0.717, 1.165) is 11.1 Å². The Morgan fingerprint density at radius 2 is 1.77 bits per heavy atom. The Hall–Kier alpha value is -2.66. The number of methoxy groups -OCH3 is 1. The minimum atomic E-state index is -0.711. The van der Waals surface area contributed by atoms with E-state index in [1.807, 2.05) is 30.3 Å². The molecule has 114 valence electrons. The molecule has 5 heteroatoms. The third kappa shape index (κ3) is 3.93. The maximum absolute atomic E-state index is 12.2. The van der Waals surface area contributed by atoms with Crippen molar-refractivity contribution in [3.05, 3.63) is 65.7 Å². The molecule has 0 heterocycles. The molecule has 0 spiro atoms. The minimum Gasteiger partial charge on any atom is -0.508 e. The monoisotopic (exact) mass is 298 g/mol. The van der Waals surface area contributed by atoms with Gasteiger partial charge in [-0.3, -0.25) is 4.79 Å². The third-order valence-electron chi connectivity index (χ3n) is 3.20. The molecule has 0 aliphatic carbocycles. The SMILES string of the molecule is CO[C@@H](C(=O)N/N=C(/C)c1ccc(O)cc1)c1ccccc1. The summed E-state index contributed by atoms with van der Waals surface area (Å²) < 4.78 is 5.24. The Morgan fingerprint density at radius 3 is 2.36 bits per heavy atom. The summed E-state index contributed by atoms with van der Waals surface area (Å²) in [4.78, 5) is 12.2. The van der Waals surface area contributed by atoms with E-state index >= 15 is 0 Å². The van der Waals surface area contributed by atoms with Crippen molar-refractivity contribution in [1.82, 2.24) is 5.43 Å². The highest BCUT2D eigenvalue weighted by Crippen LogP contribution is 2.16. The number of nitrogens with zero attached hydrogens (tertiary/aromatic N) is 1. The van der Waals surface area contributed by atoms with Gasteiger partial charge in [0.15, 0.2) is 6.10 Å². The van der Waals surface area contributed by atoms with Crippen molar-refractivity contribution in [2.75, 3.05) is 7.11 Å². The zero-order valence-electron chi connectivity index (χ0n) is 12.5. The van der Waals surface area contributed by atoms with Gasteiger partial charge in [-0.1, -0.05) is 30.3 Å². The molecule has 22 heavy (non-hydrogen) atoms. The second-order valence-electron chi connectivity index (χ2n) is 4.75. The maximum atomic E-state index is 12.2. The molecule has 0 saturated carbocycles. The summed E-state index contributed by atoms with van der Waals surface area (Å²) in [6.07, 6.45) is -0.711. The number of benzene rings is 2. The lowest BCUT2D eigenvalue weighted by Gasteiger charge is -2.14. The van der Waals surface area contributed by atoms with E-state index in [-0.39, 0.29) is 11.7 Å². The molecule has 2 N–H and O–H groups in total. The largest absolute Gasteiger partial charge is 0.508 e. The fourth-order valence-corrected chi connectivity index (χ4v) is 1.99. The van der Waals surface area contributed by atoms with Gasteiger partial charge in [-0.2, -0.15) is 5.10 Å². The van der Waals surface area contributed by atoms with Crippen LogP contribution in [-0.4, -0.2) is 23.8 Å². The number of nitrogens with one attached hydrogen (secondary N) is 1. The highest BCUT2D eigenvalue weighted by Gasteiger charge is 2.19. The van der Waals surface area contributed by atoms with Crippen molar-refractivity contribution >= 4 is 11.6 Å². The molecule has 5 nitrogen and oxygen atoms in total. The van der Waals surface area contributed by atoms with Gasteiger partial charge in [0.1, 0.15) is 5.75 Å². The van der Waals surface area contributed by atoms with Gasteiger partial charge in [0.2, 0.25) is 0 Å². The number of rotatable bonds is 5. The molecule has 0 aromatic heterocycles.